The molecule has 1 aliphatic rings. The van der Waals surface area contributed by atoms with Crippen LogP contribution in [0.25, 0.3) is 0 Å². The largest absolute Gasteiger partial charge is 0.473 e. The highest BCUT2D eigenvalue weighted by molar-refractivity contribution is 9.10. The van der Waals surface area contributed by atoms with Gasteiger partial charge in [0.05, 0.1) is 18.8 Å². The summed E-state index contributed by atoms with van der Waals surface area (Å²) in [5.74, 6) is 0.529. The minimum absolute atomic E-state index is 0.0793. The van der Waals surface area contributed by atoms with Gasteiger partial charge in [0.1, 0.15) is 5.75 Å². The monoisotopic (exact) mass is 328 g/mol. The average Bonchev–Trinajstić information content (AvgIpc) is 2.61. The van der Waals surface area contributed by atoms with Crippen LogP contribution in [-0.4, -0.2) is 38.8 Å². The number of fused-ring (bicyclic) bond motifs is 1. The maximum atomic E-state index is 12.7. The second-order valence-electron chi connectivity index (χ2n) is 4.80. The maximum Gasteiger partial charge on any atom is 0.217 e. The fraction of sp³-hybridized carbons (Fsp3) is 0.500. The molecule has 1 aromatic carbocycles. The lowest BCUT2D eigenvalue weighted by Crippen LogP contribution is -2.48. The molecule has 0 aliphatic carbocycles. The molecule has 0 saturated carbocycles. The number of ketones is 1. The Kier molecular flexibility index (Phi) is 3.99. The van der Waals surface area contributed by atoms with Gasteiger partial charge in [-0.3, -0.25) is 4.79 Å². The summed E-state index contributed by atoms with van der Waals surface area (Å²) in [6, 6.07) is 1.87. The number of carbonyl (C=O) groups excluding carboxylic acids is 1. The molecule has 0 saturated heterocycles. The Balaban J connectivity index is 2.54. The third-order valence-electron chi connectivity index (χ3n) is 3.35. The minimum Gasteiger partial charge on any atom is -0.473 e. The fourth-order valence-electron chi connectivity index (χ4n) is 2.47. The van der Waals surface area contributed by atoms with E-state index in [0.717, 1.165) is 15.6 Å². The fourth-order valence-corrected chi connectivity index (χ4v) is 2.78. The summed E-state index contributed by atoms with van der Waals surface area (Å²) in [6.45, 7) is 4.22. The molecule has 1 aliphatic heterocycles. The van der Waals surface area contributed by atoms with E-state index in [1.807, 2.05) is 19.9 Å². The number of methoxy groups -OCH3 is 2. The van der Waals surface area contributed by atoms with Crippen LogP contribution in [-0.2, 0) is 9.47 Å². The zero-order valence-electron chi connectivity index (χ0n) is 11.5. The van der Waals surface area contributed by atoms with Gasteiger partial charge in [-0.25, -0.2) is 0 Å². The zero-order chi connectivity index (χ0) is 14.2. The smallest absolute Gasteiger partial charge is 0.217 e. The molecular formula is C14H17BrO4. The molecule has 0 spiro atoms. The van der Waals surface area contributed by atoms with E-state index in [1.165, 1.54) is 0 Å². The van der Waals surface area contributed by atoms with Gasteiger partial charge in [0, 0.05) is 18.7 Å². The first-order valence-electron chi connectivity index (χ1n) is 5.98. The number of Topliss-reactive ketones (excluding diaryl/α,β-unsaturated/α-hetero) is 1. The number of hydrogen-bond donors (Lipinski definition) is 0. The molecular weight excluding hydrogens is 312 g/mol. The van der Waals surface area contributed by atoms with Crippen molar-refractivity contribution < 1.29 is 19.0 Å². The van der Waals surface area contributed by atoms with Gasteiger partial charge >= 0.3 is 0 Å². The minimum atomic E-state index is -1.07. The van der Waals surface area contributed by atoms with Crippen molar-refractivity contribution >= 4 is 21.7 Å². The molecule has 4 nitrogen and oxygen atoms in total. The molecule has 0 N–H and O–H groups in total. The van der Waals surface area contributed by atoms with E-state index < -0.39 is 5.60 Å². The standard InChI is InChI=1S/C14H17BrO4/c1-8-5-10-11(9(2)12(8)15)13(16)14(19-10,6-17-3)7-18-4/h5H,6-7H2,1-4H3. The Morgan fingerprint density at radius 3 is 2.37 bits per heavy atom. The van der Waals surface area contributed by atoms with Gasteiger partial charge in [0.25, 0.3) is 0 Å². The quantitative estimate of drug-likeness (QED) is 0.852. The van der Waals surface area contributed by atoms with Gasteiger partial charge < -0.3 is 14.2 Å². The SMILES string of the molecule is COCC1(COC)Oc2cc(C)c(Br)c(C)c2C1=O. The van der Waals surface area contributed by atoms with Crippen molar-refractivity contribution in [2.24, 2.45) is 0 Å². The molecule has 0 unspecified atom stereocenters. The second kappa shape index (κ2) is 5.23. The lowest BCUT2D eigenvalue weighted by atomic mass is 9.93. The average molecular weight is 329 g/mol. The summed E-state index contributed by atoms with van der Waals surface area (Å²) in [5, 5.41) is 0. The zero-order valence-corrected chi connectivity index (χ0v) is 13.1. The first kappa shape index (κ1) is 14.5. The van der Waals surface area contributed by atoms with Crippen LogP contribution in [0.2, 0.25) is 0 Å². The summed E-state index contributed by atoms with van der Waals surface area (Å²) >= 11 is 3.51. The summed E-state index contributed by atoms with van der Waals surface area (Å²) in [7, 11) is 3.09. The molecule has 104 valence electrons. The summed E-state index contributed by atoms with van der Waals surface area (Å²) < 4.78 is 17.1. The molecule has 5 heteroatoms. The van der Waals surface area contributed by atoms with Crippen LogP contribution in [0.15, 0.2) is 10.5 Å². The van der Waals surface area contributed by atoms with E-state index in [0.29, 0.717) is 11.3 Å². The molecule has 0 amide bonds. The molecule has 0 bridgehead atoms. The number of ether oxygens (including phenoxy) is 3. The number of halogens is 1. The lowest BCUT2D eigenvalue weighted by molar-refractivity contribution is -0.0299. The number of hydrogen-bond acceptors (Lipinski definition) is 4. The van der Waals surface area contributed by atoms with E-state index in [2.05, 4.69) is 15.9 Å². The summed E-state index contributed by atoms with van der Waals surface area (Å²) in [4.78, 5) is 12.7. The van der Waals surface area contributed by atoms with Crippen LogP contribution in [0.3, 0.4) is 0 Å². The molecule has 19 heavy (non-hydrogen) atoms. The van der Waals surface area contributed by atoms with Crippen molar-refractivity contribution in [1.82, 2.24) is 0 Å². The van der Waals surface area contributed by atoms with Gasteiger partial charge in [-0.05, 0) is 31.0 Å². The number of benzene rings is 1. The van der Waals surface area contributed by atoms with E-state index in [9.17, 15) is 4.79 Å². The van der Waals surface area contributed by atoms with Crippen LogP contribution in [0.4, 0.5) is 0 Å². The molecule has 0 aromatic heterocycles. The summed E-state index contributed by atoms with van der Waals surface area (Å²) in [5.41, 5.74) is 1.49. The number of aryl methyl sites for hydroxylation is 1. The highest BCUT2D eigenvalue weighted by atomic mass is 79.9. The highest BCUT2D eigenvalue weighted by Crippen LogP contribution is 2.41. The van der Waals surface area contributed by atoms with Crippen LogP contribution in [0.1, 0.15) is 21.5 Å². The lowest BCUT2D eigenvalue weighted by Gasteiger charge is -2.25. The van der Waals surface area contributed by atoms with Gasteiger partial charge in [0.15, 0.2) is 0 Å². The topological polar surface area (TPSA) is 44.8 Å². The summed E-state index contributed by atoms with van der Waals surface area (Å²) in [6.07, 6.45) is 0. The molecule has 0 atom stereocenters. The van der Waals surface area contributed by atoms with Crippen molar-refractivity contribution in [1.29, 1.82) is 0 Å². The second-order valence-corrected chi connectivity index (χ2v) is 5.59. The predicted molar refractivity (Wildman–Crippen MR) is 75.1 cm³/mol. The predicted octanol–water partition coefficient (Wildman–Crippen LogP) is 2.67. The van der Waals surface area contributed by atoms with Crippen molar-refractivity contribution in [2.45, 2.75) is 19.4 Å². The van der Waals surface area contributed by atoms with Crippen LogP contribution in [0.5, 0.6) is 5.75 Å². The normalized spacial score (nSPS) is 16.4. The first-order valence-corrected chi connectivity index (χ1v) is 6.77. The van der Waals surface area contributed by atoms with Crippen molar-refractivity contribution in [3.8, 4) is 5.75 Å². The van der Waals surface area contributed by atoms with Crippen molar-refractivity contribution in [3.63, 3.8) is 0 Å². The van der Waals surface area contributed by atoms with Crippen molar-refractivity contribution in [3.05, 3.63) is 27.2 Å². The van der Waals surface area contributed by atoms with E-state index >= 15 is 0 Å². The van der Waals surface area contributed by atoms with Gasteiger partial charge in [-0.1, -0.05) is 15.9 Å². The molecule has 2 rings (SSSR count). The molecule has 1 heterocycles. The Morgan fingerprint density at radius 1 is 1.26 bits per heavy atom. The van der Waals surface area contributed by atoms with E-state index in [4.69, 9.17) is 14.2 Å². The van der Waals surface area contributed by atoms with E-state index in [1.54, 1.807) is 14.2 Å². The van der Waals surface area contributed by atoms with Crippen LogP contribution in [0, 0.1) is 13.8 Å². The number of carbonyl (C=O) groups is 1. The Morgan fingerprint density at radius 2 is 1.84 bits per heavy atom. The number of rotatable bonds is 4. The maximum absolute atomic E-state index is 12.7. The third kappa shape index (κ3) is 2.20. The third-order valence-corrected chi connectivity index (χ3v) is 4.57. The van der Waals surface area contributed by atoms with Crippen molar-refractivity contribution in [2.75, 3.05) is 27.4 Å². The van der Waals surface area contributed by atoms with Crippen LogP contribution < -0.4 is 4.74 Å². The van der Waals surface area contributed by atoms with E-state index in [-0.39, 0.29) is 19.0 Å². The van der Waals surface area contributed by atoms with Crippen LogP contribution >= 0.6 is 15.9 Å². The Bertz CT molecular complexity index is 519. The molecule has 1 aromatic rings. The van der Waals surface area contributed by atoms with Gasteiger partial charge in [0.2, 0.25) is 11.4 Å². The highest BCUT2D eigenvalue weighted by Gasteiger charge is 2.49. The molecule has 0 fully saturated rings. The van der Waals surface area contributed by atoms with Gasteiger partial charge in [-0.2, -0.15) is 0 Å². The Labute approximate surface area is 121 Å². The molecule has 0 radical (unpaired) electrons. The first-order chi connectivity index (χ1) is 8.96. The van der Waals surface area contributed by atoms with Gasteiger partial charge in [-0.15, -0.1) is 0 Å². The Hall–Kier alpha value is -0.910.